The molecule has 0 atom stereocenters. The van der Waals surface area contributed by atoms with Crippen LogP contribution in [0.15, 0.2) is 40.9 Å². The largest absolute Gasteiger partial charge is 0.312 e. The lowest BCUT2D eigenvalue weighted by atomic mass is 10.2. The second-order valence-corrected chi connectivity index (χ2v) is 4.08. The Morgan fingerprint density at radius 2 is 2.29 bits per heavy atom. The van der Waals surface area contributed by atoms with Gasteiger partial charge in [-0.25, -0.2) is 0 Å². The fourth-order valence-electron chi connectivity index (χ4n) is 1.23. The summed E-state index contributed by atoms with van der Waals surface area (Å²) in [5.41, 5.74) is 1.32. The van der Waals surface area contributed by atoms with Gasteiger partial charge in [0.2, 0.25) is 0 Å². The van der Waals surface area contributed by atoms with Crippen LogP contribution in [-0.2, 0) is 6.54 Å². The molecule has 0 aliphatic rings. The van der Waals surface area contributed by atoms with E-state index in [0.29, 0.717) is 0 Å². The summed E-state index contributed by atoms with van der Waals surface area (Å²) in [7, 11) is 0. The predicted molar refractivity (Wildman–Crippen MR) is 65.3 cm³/mol. The molecule has 0 radical (unpaired) electrons. The van der Waals surface area contributed by atoms with Gasteiger partial charge < -0.3 is 5.32 Å². The Balaban J connectivity index is 2.24. The first-order valence-electron chi connectivity index (χ1n) is 4.89. The number of rotatable bonds is 5. The molecule has 0 unspecified atom stereocenters. The standard InChI is InChI=1S/C12H16BrN/c1-2-3-4-8-14-10-11-6-5-7-12(13)9-11/h2-3,5-7,9,14H,4,8,10H2,1H3/b3-2+. The Kier molecular flexibility index (Phi) is 5.57. The first kappa shape index (κ1) is 11.5. The lowest BCUT2D eigenvalue weighted by molar-refractivity contribution is 0.695. The topological polar surface area (TPSA) is 12.0 Å². The van der Waals surface area contributed by atoms with E-state index in [0.717, 1.165) is 24.0 Å². The SMILES string of the molecule is C/C=C/CCNCc1cccc(Br)c1. The molecule has 0 bridgehead atoms. The van der Waals surface area contributed by atoms with Crippen molar-refractivity contribution >= 4 is 15.9 Å². The third-order valence-electron chi connectivity index (χ3n) is 1.94. The van der Waals surface area contributed by atoms with E-state index in [9.17, 15) is 0 Å². The van der Waals surface area contributed by atoms with Crippen molar-refractivity contribution in [2.45, 2.75) is 19.9 Å². The minimum Gasteiger partial charge on any atom is -0.312 e. The number of allylic oxidation sites excluding steroid dienone is 1. The molecule has 0 amide bonds. The van der Waals surface area contributed by atoms with Crippen molar-refractivity contribution in [3.8, 4) is 0 Å². The van der Waals surface area contributed by atoms with Gasteiger partial charge in [-0.2, -0.15) is 0 Å². The monoisotopic (exact) mass is 253 g/mol. The van der Waals surface area contributed by atoms with E-state index < -0.39 is 0 Å². The average molecular weight is 254 g/mol. The minimum atomic E-state index is 0.941. The van der Waals surface area contributed by atoms with E-state index in [2.05, 4.69) is 51.6 Å². The van der Waals surface area contributed by atoms with Gasteiger partial charge in [-0.15, -0.1) is 0 Å². The highest BCUT2D eigenvalue weighted by molar-refractivity contribution is 9.10. The van der Waals surface area contributed by atoms with Crippen LogP contribution in [0.2, 0.25) is 0 Å². The molecule has 0 fully saturated rings. The quantitative estimate of drug-likeness (QED) is 0.626. The van der Waals surface area contributed by atoms with Gasteiger partial charge in [-0.3, -0.25) is 0 Å². The van der Waals surface area contributed by atoms with Crippen LogP contribution in [0.25, 0.3) is 0 Å². The van der Waals surface area contributed by atoms with E-state index in [4.69, 9.17) is 0 Å². The van der Waals surface area contributed by atoms with Gasteiger partial charge in [0.15, 0.2) is 0 Å². The minimum absolute atomic E-state index is 0.941. The highest BCUT2D eigenvalue weighted by atomic mass is 79.9. The molecule has 0 aliphatic heterocycles. The van der Waals surface area contributed by atoms with Gasteiger partial charge in [-0.05, 0) is 37.6 Å². The van der Waals surface area contributed by atoms with Crippen molar-refractivity contribution in [2.75, 3.05) is 6.54 Å². The van der Waals surface area contributed by atoms with Crippen molar-refractivity contribution in [1.82, 2.24) is 5.32 Å². The first-order valence-corrected chi connectivity index (χ1v) is 5.68. The zero-order valence-corrected chi connectivity index (χ0v) is 10.0. The van der Waals surface area contributed by atoms with E-state index in [1.807, 2.05) is 13.0 Å². The molecular weight excluding hydrogens is 238 g/mol. The maximum absolute atomic E-state index is 3.46. The fourth-order valence-corrected chi connectivity index (χ4v) is 1.68. The van der Waals surface area contributed by atoms with Gasteiger partial charge >= 0.3 is 0 Å². The van der Waals surface area contributed by atoms with Crippen molar-refractivity contribution in [1.29, 1.82) is 0 Å². The highest BCUT2D eigenvalue weighted by Gasteiger charge is 1.92. The zero-order chi connectivity index (χ0) is 10.2. The summed E-state index contributed by atoms with van der Waals surface area (Å²) in [5, 5.41) is 3.39. The van der Waals surface area contributed by atoms with Gasteiger partial charge in [0.25, 0.3) is 0 Å². The third kappa shape index (κ3) is 4.58. The molecule has 14 heavy (non-hydrogen) atoms. The zero-order valence-electron chi connectivity index (χ0n) is 8.46. The third-order valence-corrected chi connectivity index (χ3v) is 2.43. The molecule has 0 aliphatic carbocycles. The Morgan fingerprint density at radius 1 is 1.43 bits per heavy atom. The summed E-state index contributed by atoms with van der Waals surface area (Å²) in [6.45, 7) is 4.03. The molecule has 1 aromatic rings. The van der Waals surface area contributed by atoms with Crippen LogP contribution >= 0.6 is 15.9 Å². The summed E-state index contributed by atoms with van der Waals surface area (Å²) < 4.78 is 1.14. The van der Waals surface area contributed by atoms with Gasteiger partial charge in [0, 0.05) is 11.0 Å². The molecule has 0 heterocycles. The Labute approximate surface area is 94.3 Å². The molecular formula is C12H16BrN. The summed E-state index contributed by atoms with van der Waals surface area (Å²) >= 11 is 3.46. The number of nitrogens with one attached hydrogen (secondary N) is 1. The molecule has 0 saturated heterocycles. The number of benzene rings is 1. The van der Waals surface area contributed by atoms with Crippen LogP contribution in [0.4, 0.5) is 0 Å². The summed E-state index contributed by atoms with van der Waals surface area (Å²) in [6.07, 6.45) is 5.36. The predicted octanol–water partition coefficient (Wildman–Crippen LogP) is 3.50. The second-order valence-electron chi connectivity index (χ2n) is 3.16. The van der Waals surface area contributed by atoms with Crippen LogP contribution in [0.5, 0.6) is 0 Å². The van der Waals surface area contributed by atoms with Crippen LogP contribution in [0.1, 0.15) is 18.9 Å². The molecule has 0 spiro atoms. The van der Waals surface area contributed by atoms with E-state index in [-0.39, 0.29) is 0 Å². The normalized spacial score (nSPS) is 11.0. The summed E-state index contributed by atoms with van der Waals surface area (Å²) in [6, 6.07) is 8.38. The Morgan fingerprint density at radius 3 is 3.00 bits per heavy atom. The maximum Gasteiger partial charge on any atom is 0.0206 e. The molecule has 1 rings (SSSR count). The molecule has 1 aromatic carbocycles. The molecule has 76 valence electrons. The van der Waals surface area contributed by atoms with Gasteiger partial charge in [-0.1, -0.05) is 40.2 Å². The molecule has 2 heteroatoms. The highest BCUT2D eigenvalue weighted by Crippen LogP contribution is 2.11. The molecule has 0 saturated carbocycles. The van der Waals surface area contributed by atoms with Crippen molar-refractivity contribution < 1.29 is 0 Å². The lowest BCUT2D eigenvalue weighted by Crippen LogP contribution is -2.13. The van der Waals surface area contributed by atoms with E-state index in [1.54, 1.807) is 0 Å². The lowest BCUT2D eigenvalue weighted by Gasteiger charge is -2.03. The molecule has 1 N–H and O–H groups in total. The van der Waals surface area contributed by atoms with Crippen molar-refractivity contribution in [2.24, 2.45) is 0 Å². The molecule has 0 aromatic heterocycles. The fraction of sp³-hybridized carbons (Fsp3) is 0.333. The van der Waals surface area contributed by atoms with Crippen molar-refractivity contribution in [3.63, 3.8) is 0 Å². The number of halogens is 1. The van der Waals surface area contributed by atoms with Gasteiger partial charge in [0.1, 0.15) is 0 Å². The molecule has 1 nitrogen and oxygen atoms in total. The van der Waals surface area contributed by atoms with Crippen LogP contribution in [0, 0.1) is 0 Å². The second kappa shape index (κ2) is 6.80. The van der Waals surface area contributed by atoms with E-state index in [1.165, 1.54) is 5.56 Å². The number of hydrogen-bond donors (Lipinski definition) is 1. The van der Waals surface area contributed by atoms with Gasteiger partial charge in [0.05, 0.1) is 0 Å². The number of hydrogen-bond acceptors (Lipinski definition) is 1. The Hall–Kier alpha value is -0.600. The Bertz CT molecular complexity index is 294. The van der Waals surface area contributed by atoms with Crippen LogP contribution in [0.3, 0.4) is 0 Å². The first-order chi connectivity index (χ1) is 6.83. The summed E-state index contributed by atoms with van der Waals surface area (Å²) in [5.74, 6) is 0. The maximum atomic E-state index is 3.46. The summed E-state index contributed by atoms with van der Waals surface area (Å²) in [4.78, 5) is 0. The smallest absolute Gasteiger partial charge is 0.0206 e. The van der Waals surface area contributed by atoms with Crippen molar-refractivity contribution in [3.05, 3.63) is 46.5 Å². The van der Waals surface area contributed by atoms with Crippen LogP contribution in [-0.4, -0.2) is 6.54 Å². The average Bonchev–Trinajstić information content (AvgIpc) is 2.18. The van der Waals surface area contributed by atoms with E-state index >= 15 is 0 Å². The van der Waals surface area contributed by atoms with Crippen LogP contribution < -0.4 is 5.32 Å².